The van der Waals surface area contributed by atoms with E-state index in [0.29, 0.717) is 11.2 Å². The van der Waals surface area contributed by atoms with Gasteiger partial charge in [-0.1, -0.05) is 15.9 Å². The van der Waals surface area contributed by atoms with Crippen molar-refractivity contribution in [1.29, 1.82) is 0 Å². The van der Waals surface area contributed by atoms with Gasteiger partial charge in [-0.25, -0.2) is 9.97 Å². The predicted molar refractivity (Wildman–Crippen MR) is 119 cm³/mol. The lowest BCUT2D eigenvalue weighted by molar-refractivity contribution is 0.0873. The molecule has 1 aliphatic heterocycles. The van der Waals surface area contributed by atoms with Crippen LogP contribution in [0.1, 0.15) is 50.9 Å². The summed E-state index contributed by atoms with van der Waals surface area (Å²) in [4.78, 5) is 25.0. The summed E-state index contributed by atoms with van der Waals surface area (Å²) >= 11 is 3.60. The van der Waals surface area contributed by atoms with Gasteiger partial charge < -0.3 is 15.6 Å². The molecule has 0 bridgehead atoms. The molecule has 0 aliphatic carbocycles. The molecular formula is C22H26BrN5O. The zero-order chi connectivity index (χ0) is 20.8. The number of nitrogens with zero attached hydrogens (tertiary/aromatic N) is 2. The number of aromatic nitrogens is 3. The van der Waals surface area contributed by atoms with Crippen LogP contribution in [-0.4, -0.2) is 38.0 Å². The quantitative estimate of drug-likeness (QED) is 0.545. The number of pyridine rings is 1. The summed E-state index contributed by atoms with van der Waals surface area (Å²) in [5.41, 5.74) is 3.05. The van der Waals surface area contributed by atoms with Crippen LogP contribution in [0.25, 0.3) is 22.6 Å². The number of fused-ring (bicyclic) bond motifs is 1. The lowest BCUT2D eigenvalue weighted by Crippen LogP contribution is -2.62. The zero-order valence-corrected chi connectivity index (χ0v) is 18.7. The van der Waals surface area contributed by atoms with Gasteiger partial charge in [0.1, 0.15) is 5.82 Å². The Labute approximate surface area is 179 Å². The fourth-order valence-corrected chi connectivity index (χ4v) is 5.08. The first-order valence-corrected chi connectivity index (χ1v) is 10.6. The normalized spacial score (nSPS) is 18.7. The molecule has 7 heteroatoms. The third-order valence-electron chi connectivity index (χ3n) is 5.27. The number of rotatable bonds is 3. The Morgan fingerprint density at radius 2 is 1.90 bits per heavy atom. The van der Waals surface area contributed by atoms with Gasteiger partial charge >= 0.3 is 0 Å². The molecule has 6 nitrogen and oxygen atoms in total. The minimum atomic E-state index is -0.0537. The molecule has 0 unspecified atom stereocenters. The summed E-state index contributed by atoms with van der Waals surface area (Å²) in [5, 5.41) is 6.87. The second-order valence-corrected chi connectivity index (χ2v) is 9.98. The van der Waals surface area contributed by atoms with E-state index in [2.05, 4.69) is 69.2 Å². The Morgan fingerprint density at radius 3 is 2.55 bits per heavy atom. The molecule has 0 radical (unpaired) electrons. The molecular weight excluding hydrogens is 430 g/mol. The number of hydrogen-bond acceptors (Lipinski definition) is 4. The van der Waals surface area contributed by atoms with Crippen molar-refractivity contribution < 1.29 is 4.79 Å². The molecule has 0 spiro atoms. The average molecular weight is 456 g/mol. The third kappa shape index (κ3) is 4.36. The number of nitrogens with one attached hydrogen (secondary N) is 3. The van der Waals surface area contributed by atoms with Crippen LogP contribution in [0.4, 0.5) is 0 Å². The molecule has 2 aromatic heterocycles. The van der Waals surface area contributed by atoms with Crippen LogP contribution in [0.15, 0.2) is 41.0 Å². The van der Waals surface area contributed by atoms with E-state index < -0.39 is 0 Å². The SMILES string of the molecule is CC1(C)CC(NC(=O)c2ccc(-c3nc4ncccc4[nH]3)c(Br)c2)CC(C)(C)N1. The largest absolute Gasteiger partial charge is 0.349 e. The molecule has 29 heavy (non-hydrogen) atoms. The molecule has 1 aliphatic rings. The molecule has 1 amide bonds. The number of carbonyl (C=O) groups excluding carboxylic acids is 1. The van der Waals surface area contributed by atoms with Crippen molar-refractivity contribution in [2.24, 2.45) is 0 Å². The zero-order valence-electron chi connectivity index (χ0n) is 17.1. The highest BCUT2D eigenvalue weighted by atomic mass is 79.9. The van der Waals surface area contributed by atoms with Crippen molar-refractivity contribution in [3.8, 4) is 11.4 Å². The van der Waals surface area contributed by atoms with E-state index in [1.165, 1.54) is 0 Å². The highest BCUT2D eigenvalue weighted by Crippen LogP contribution is 2.30. The molecule has 1 fully saturated rings. The van der Waals surface area contributed by atoms with Crippen LogP contribution in [-0.2, 0) is 0 Å². The number of H-pyrrole nitrogens is 1. The third-order valence-corrected chi connectivity index (χ3v) is 5.93. The van der Waals surface area contributed by atoms with Gasteiger partial charge in [-0.2, -0.15) is 0 Å². The van der Waals surface area contributed by atoms with Crippen LogP contribution in [0.3, 0.4) is 0 Å². The molecule has 152 valence electrons. The molecule has 3 heterocycles. The molecule has 0 atom stereocenters. The van der Waals surface area contributed by atoms with E-state index >= 15 is 0 Å². The van der Waals surface area contributed by atoms with Gasteiger partial charge in [0.2, 0.25) is 0 Å². The highest BCUT2D eigenvalue weighted by Gasteiger charge is 2.38. The summed E-state index contributed by atoms with van der Waals surface area (Å²) in [6.45, 7) is 8.72. The van der Waals surface area contributed by atoms with Crippen molar-refractivity contribution in [3.63, 3.8) is 0 Å². The number of benzene rings is 1. The Morgan fingerprint density at radius 1 is 1.17 bits per heavy atom. The molecule has 3 N–H and O–H groups in total. The topological polar surface area (TPSA) is 82.7 Å². The molecule has 1 aromatic carbocycles. The van der Waals surface area contributed by atoms with Gasteiger partial charge in [0.05, 0.1) is 5.52 Å². The van der Waals surface area contributed by atoms with Gasteiger partial charge in [-0.05, 0) is 70.9 Å². The van der Waals surface area contributed by atoms with Crippen molar-refractivity contribution in [1.82, 2.24) is 25.6 Å². The Kier molecular flexibility index (Phi) is 4.99. The second kappa shape index (κ2) is 7.22. The molecule has 0 saturated carbocycles. The Balaban J connectivity index is 1.53. The van der Waals surface area contributed by atoms with Crippen molar-refractivity contribution in [2.45, 2.75) is 57.7 Å². The number of imidazole rings is 1. The fourth-order valence-electron chi connectivity index (χ4n) is 4.51. The van der Waals surface area contributed by atoms with Crippen LogP contribution in [0.2, 0.25) is 0 Å². The van der Waals surface area contributed by atoms with Crippen LogP contribution in [0.5, 0.6) is 0 Å². The summed E-state index contributed by atoms with van der Waals surface area (Å²) in [7, 11) is 0. The Hall–Kier alpha value is -2.25. The van der Waals surface area contributed by atoms with E-state index in [1.807, 2.05) is 30.3 Å². The van der Waals surface area contributed by atoms with Gasteiger partial charge in [0.25, 0.3) is 5.91 Å². The fraction of sp³-hybridized carbons (Fsp3) is 0.409. The summed E-state index contributed by atoms with van der Waals surface area (Å²) in [6.07, 6.45) is 3.51. The van der Waals surface area contributed by atoms with Crippen LogP contribution >= 0.6 is 15.9 Å². The number of halogens is 1. The number of amides is 1. The standard InChI is InChI=1S/C22H26BrN5O/c1-21(2)11-14(12-22(3,4)28-21)25-20(29)13-7-8-15(16(23)10-13)18-26-17-6-5-9-24-19(17)27-18/h5-10,14,28H,11-12H2,1-4H3,(H,25,29)(H,24,26,27). The van der Waals surface area contributed by atoms with E-state index in [0.717, 1.165) is 34.2 Å². The van der Waals surface area contributed by atoms with Crippen LogP contribution in [0, 0.1) is 0 Å². The first-order chi connectivity index (χ1) is 13.6. The lowest BCUT2D eigenvalue weighted by atomic mass is 9.79. The summed E-state index contributed by atoms with van der Waals surface area (Å²) in [5.74, 6) is 0.668. The maximum Gasteiger partial charge on any atom is 0.251 e. The summed E-state index contributed by atoms with van der Waals surface area (Å²) in [6, 6.07) is 9.55. The lowest BCUT2D eigenvalue weighted by Gasteiger charge is -2.46. The maximum absolute atomic E-state index is 12.9. The smallest absolute Gasteiger partial charge is 0.251 e. The Bertz CT molecular complexity index is 1020. The minimum Gasteiger partial charge on any atom is -0.349 e. The van der Waals surface area contributed by atoms with Gasteiger partial charge in [-0.3, -0.25) is 4.79 Å². The van der Waals surface area contributed by atoms with E-state index in [4.69, 9.17) is 0 Å². The first-order valence-electron chi connectivity index (χ1n) is 9.83. The summed E-state index contributed by atoms with van der Waals surface area (Å²) < 4.78 is 0.815. The van der Waals surface area contributed by atoms with Crippen molar-refractivity contribution in [3.05, 3.63) is 46.6 Å². The molecule has 1 saturated heterocycles. The number of piperidine rings is 1. The average Bonchev–Trinajstić information content (AvgIpc) is 3.02. The minimum absolute atomic E-state index is 0.0144. The van der Waals surface area contributed by atoms with E-state index in [-0.39, 0.29) is 23.0 Å². The van der Waals surface area contributed by atoms with E-state index in [9.17, 15) is 4.79 Å². The first kappa shape index (κ1) is 20.0. The van der Waals surface area contributed by atoms with Gasteiger partial charge in [-0.15, -0.1) is 0 Å². The molecule has 3 aromatic rings. The maximum atomic E-state index is 12.9. The number of hydrogen-bond donors (Lipinski definition) is 3. The molecule has 4 rings (SSSR count). The number of carbonyl (C=O) groups is 1. The van der Waals surface area contributed by atoms with Gasteiger partial charge in [0, 0.05) is 38.9 Å². The monoisotopic (exact) mass is 455 g/mol. The number of aromatic amines is 1. The van der Waals surface area contributed by atoms with Gasteiger partial charge in [0.15, 0.2) is 5.65 Å². The van der Waals surface area contributed by atoms with Crippen molar-refractivity contribution >= 4 is 33.0 Å². The highest BCUT2D eigenvalue weighted by molar-refractivity contribution is 9.10. The predicted octanol–water partition coefficient (Wildman–Crippen LogP) is 4.43. The van der Waals surface area contributed by atoms with Crippen molar-refractivity contribution in [2.75, 3.05) is 0 Å². The second-order valence-electron chi connectivity index (χ2n) is 9.13. The van der Waals surface area contributed by atoms with Crippen LogP contribution < -0.4 is 10.6 Å². The van der Waals surface area contributed by atoms with E-state index in [1.54, 1.807) is 6.20 Å².